The van der Waals surface area contributed by atoms with Crippen LogP contribution in [-0.2, 0) is 0 Å². The molecule has 1 rings (SSSR count). The molecule has 0 aromatic heterocycles. The number of nitrogens with one attached hydrogen (secondary N) is 2. The summed E-state index contributed by atoms with van der Waals surface area (Å²) in [4.78, 5) is 0. The van der Waals surface area contributed by atoms with Gasteiger partial charge in [-0.1, -0.05) is 6.92 Å². The summed E-state index contributed by atoms with van der Waals surface area (Å²) in [6.45, 7) is 5.64. The van der Waals surface area contributed by atoms with E-state index in [9.17, 15) is 0 Å². The van der Waals surface area contributed by atoms with E-state index in [4.69, 9.17) is 0 Å². The van der Waals surface area contributed by atoms with Crippen molar-refractivity contribution in [1.29, 1.82) is 0 Å². The first-order valence-corrected chi connectivity index (χ1v) is 3.37. The van der Waals surface area contributed by atoms with Gasteiger partial charge in [0.2, 0.25) is 0 Å². The van der Waals surface area contributed by atoms with Gasteiger partial charge in [-0.25, -0.2) is 0 Å². The van der Waals surface area contributed by atoms with E-state index in [-0.39, 0.29) is 24.8 Å². The molecule has 1 aliphatic rings. The van der Waals surface area contributed by atoms with Gasteiger partial charge in [-0.2, -0.15) is 0 Å². The molecule has 0 bridgehead atoms. The predicted molar refractivity (Wildman–Crippen MR) is 49.4 cm³/mol. The van der Waals surface area contributed by atoms with E-state index in [0.29, 0.717) is 0 Å². The van der Waals surface area contributed by atoms with Gasteiger partial charge >= 0.3 is 0 Å². The van der Waals surface area contributed by atoms with Crippen LogP contribution in [-0.4, -0.2) is 25.7 Å². The van der Waals surface area contributed by atoms with Crippen molar-refractivity contribution in [2.45, 2.75) is 19.4 Å². The minimum atomic E-state index is 0. The molecule has 1 fully saturated rings. The van der Waals surface area contributed by atoms with E-state index in [1.165, 1.54) is 6.42 Å². The monoisotopic (exact) mass is 186 g/mol. The highest BCUT2D eigenvalue weighted by molar-refractivity contribution is 5.85. The van der Waals surface area contributed by atoms with Crippen LogP contribution in [0.4, 0.5) is 0 Å². The highest BCUT2D eigenvalue weighted by Crippen LogP contribution is 1.90. The first-order chi connectivity index (χ1) is 3.93. The number of hydrogen-bond donors (Lipinski definition) is 2. The predicted octanol–water partition coefficient (Wildman–Crippen LogP) is 0.801. The van der Waals surface area contributed by atoms with Crippen LogP contribution < -0.4 is 10.6 Å². The highest BCUT2D eigenvalue weighted by Gasteiger charge is 2.07. The second kappa shape index (κ2) is 7.61. The Morgan fingerprint density at radius 2 is 2.00 bits per heavy atom. The molecule has 2 nitrogen and oxygen atoms in total. The third-order valence-electron chi connectivity index (χ3n) is 1.62. The summed E-state index contributed by atoms with van der Waals surface area (Å²) in [5.74, 6) is 0. The number of piperazine rings is 1. The van der Waals surface area contributed by atoms with Crippen LogP contribution in [0.5, 0.6) is 0 Å². The number of hydrogen-bond acceptors (Lipinski definition) is 2. The molecular weight excluding hydrogens is 171 g/mol. The van der Waals surface area contributed by atoms with Gasteiger partial charge in [0.25, 0.3) is 0 Å². The Morgan fingerprint density at radius 3 is 2.30 bits per heavy atom. The van der Waals surface area contributed by atoms with Crippen LogP contribution in [0.15, 0.2) is 0 Å². The third kappa shape index (κ3) is 4.34. The zero-order chi connectivity index (χ0) is 5.82. The van der Waals surface area contributed by atoms with Gasteiger partial charge < -0.3 is 10.6 Å². The van der Waals surface area contributed by atoms with Gasteiger partial charge in [0.1, 0.15) is 0 Å². The second-order valence-electron chi connectivity index (χ2n) is 2.26. The lowest BCUT2D eigenvalue weighted by atomic mass is 10.2. The molecule has 0 radical (unpaired) electrons. The summed E-state index contributed by atoms with van der Waals surface area (Å²) >= 11 is 0. The Labute approximate surface area is 75.0 Å². The molecule has 0 aromatic carbocycles. The van der Waals surface area contributed by atoms with Crippen molar-refractivity contribution >= 4 is 24.8 Å². The molecule has 0 spiro atoms. The van der Waals surface area contributed by atoms with Gasteiger partial charge in [0.05, 0.1) is 0 Å². The van der Waals surface area contributed by atoms with Crippen LogP contribution in [0.1, 0.15) is 13.3 Å². The van der Waals surface area contributed by atoms with Crippen molar-refractivity contribution in [3.05, 3.63) is 0 Å². The molecule has 4 heteroatoms. The zero-order valence-electron chi connectivity index (χ0n) is 6.22. The summed E-state index contributed by atoms with van der Waals surface area (Å²) in [5.41, 5.74) is 0. The normalized spacial score (nSPS) is 24.3. The smallest absolute Gasteiger partial charge is 0.0190 e. The molecule has 0 amide bonds. The minimum absolute atomic E-state index is 0. The summed E-state index contributed by atoms with van der Waals surface area (Å²) < 4.78 is 0. The summed E-state index contributed by atoms with van der Waals surface area (Å²) in [6.07, 6.45) is 1.24. The van der Waals surface area contributed by atoms with Crippen LogP contribution in [0.25, 0.3) is 0 Å². The van der Waals surface area contributed by atoms with E-state index >= 15 is 0 Å². The van der Waals surface area contributed by atoms with Crippen LogP contribution in [0, 0.1) is 0 Å². The molecule has 1 aliphatic heterocycles. The lowest BCUT2D eigenvalue weighted by molar-refractivity contribution is 0.410. The molecule has 0 aromatic rings. The minimum Gasteiger partial charge on any atom is -0.314 e. The second-order valence-corrected chi connectivity index (χ2v) is 2.26. The van der Waals surface area contributed by atoms with Crippen molar-refractivity contribution in [3.63, 3.8) is 0 Å². The lowest BCUT2D eigenvalue weighted by Crippen LogP contribution is -2.47. The highest BCUT2D eigenvalue weighted by atomic mass is 35.5. The molecule has 64 valence electrons. The molecule has 1 atom stereocenters. The Morgan fingerprint density at radius 1 is 1.30 bits per heavy atom. The van der Waals surface area contributed by atoms with E-state index in [0.717, 1.165) is 25.7 Å². The summed E-state index contributed by atoms with van der Waals surface area (Å²) in [7, 11) is 0. The van der Waals surface area contributed by atoms with E-state index in [1.54, 1.807) is 0 Å². The Hall–Kier alpha value is 0.500. The molecule has 0 saturated carbocycles. The molecule has 0 aliphatic carbocycles. The van der Waals surface area contributed by atoms with Crippen molar-refractivity contribution in [2.24, 2.45) is 0 Å². The van der Waals surface area contributed by atoms with Gasteiger partial charge in [-0.3, -0.25) is 0 Å². The topological polar surface area (TPSA) is 24.1 Å². The fourth-order valence-electron chi connectivity index (χ4n) is 1.00. The van der Waals surface area contributed by atoms with E-state index in [1.807, 2.05) is 0 Å². The van der Waals surface area contributed by atoms with Crippen LogP contribution in [0.2, 0.25) is 0 Å². The Balaban J connectivity index is 0. The van der Waals surface area contributed by atoms with Crippen molar-refractivity contribution in [3.8, 4) is 0 Å². The third-order valence-corrected chi connectivity index (χ3v) is 1.62. The molecule has 2 N–H and O–H groups in total. The van der Waals surface area contributed by atoms with Gasteiger partial charge in [-0.15, -0.1) is 24.8 Å². The standard InChI is InChI=1S/C6H14N2.2ClH/c1-2-6-5-7-3-4-8-6;;/h6-8H,2-5H2,1H3;2*1H/t6-;;/m1../s1. The van der Waals surface area contributed by atoms with E-state index in [2.05, 4.69) is 17.6 Å². The fourth-order valence-corrected chi connectivity index (χ4v) is 1.00. The fraction of sp³-hybridized carbons (Fsp3) is 1.00. The van der Waals surface area contributed by atoms with Crippen LogP contribution in [0.3, 0.4) is 0 Å². The number of halogens is 2. The first kappa shape index (κ1) is 13.1. The summed E-state index contributed by atoms with van der Waals surface area (Å²) in [5, 5.41) is 6.73. The molecular formula is C6H16Cl2N2. The molecule has 0 unspecified atom stereocenters. The maximum atomic E-state index is 3.41. The average molecular weight is 187 g/mol. The average Bonchev–Trinajstić information content (AvgIpc) is 1.90. The summed E-state index contributed by atoms with van der Waals surface area (Å²) in [6, 6.07) is 0.726. The largest absolute Gasteiger partial charge is 0.314 e. The Kier molecular flexibility index (Phi) is 9.97. The van der Waals surface area contributed by atoms with Gasteiger partial charge in [-0.05, 0) is 6.42 Å². The zero-order valence-corrected chi connectivity index (χ0v) is 7.86. The van der Waals surface area contributed by atoms with E-state index < -0.39 is 0 Å². The van der Waals surface area contributed by atoms with Crippen molar-refractivity contribution < 1.29 is 0 Å². The lowest BCUT2D eigenvalue weighted by Gasteiger charge is -2.22. The van der Waals surface area contributed by atoms with Crippen molar-refractivity contribution in [2.75, 3.05) is 19.6 Å². The molecule has 1 saturated heterocycles. The van der Waals surface area contributed by atoms with Gasteiger partial charge in [0, 0.05) is 25.7 Å². The van der Waals surface area contributed by atoms with Gasteiger partial charge in [0.15, 0.2) is 0 Å². The Bertz CT molecular complexity index is 64.8. The maximum absolute atomic E-state index is 3.41. The quantitative estimate of drug-likeness (QED) is 0.634. The maximum Gasteiger partial charge on any atom is 0.0190 e. The number of rotatable bonds is 1. The van der Waals surface area contributed by atoms with Crippen LogP contribution >= 0.6 is 24.8 Å². The first-order valence-electron chi connectivity index (χ1n) is 3.37. The SMILES string of the molecule is CC[C@@H]1CNCCN1.Cl.Cl. The molecule has 1 heterocycles. The molecule has 10 heavy (non-hydrogen) atoms. The van der Waals surface area contributed by atoms with Crippen molar-refractivity contribution in [1.82, 2.24) is 10.6 Å².